The number of aliphatic hydroxyl groups excluding tert-OH is 1. The SMILES string of the molecule is Cc1ccc(OCCC(=O)N2CCCC2CO)cc1C. The molecule has 0 bridgehead atoms. The van der Waals surface area contributed by atoms with Gasteiger partial charge >= 0.3 is 0 Å². The van der Waals surface area contributed by atoms with Gasteiger partial charge in [-0.25, -0.2) is 0 Å². The van der Waals surface area contributed by atoms with Crippen molar-refractivity contribution in [3.8, 4) is 5.75 Å². The fourth-order valence-electron chi connectivity index (χ4n) is 2.56. The molecular formula is C16H23NO3. The highest BCUT2D eigenvalue weighted by Crippen LogP contribution is 2.19. The molecular weight excluding hydrogens is 254 g/mol. The molecule has 4 heteroatoms. The van der Waals surface area contributed by atoms with Crippen molar-refractivity contribution in [3.63, 3.8) is 0 Å². The van der Waals surface area contributed by atoms with Crippen LogP contribution in [-0.2, 0) is 4.79 Å². The van der Waals surface area contributed by atoms with Crippen LogP contribution in [0.2, 0.25) is 0 Å². The number of hydrogen-bond acceptors (Lipinski definition) is 3. The zero-order valence-electron chi connectivity index (χ0n) is 12.3. The van der Waals surface area contributed by atoms with Crippen LogP contribution in [0.1, 0.15) is 30.4 Å². The zero-order chi connectivity index (χ0) is 14.5. The van der Waals surface area contributed by atoms with Gasteiger partial charge in [0.05, 0.1) is 25.7 Å². The monoisotopic (exact) mass is 277 g/mol. The third-order valence-electron chi connectivity index (χ3n) is 3.97. The summed E-state index contributed by atoms with van der Waals surface area (Å²) < 4.78 is 5.63. The van der Waals surface area contributed by atoms with E-state index in [1.54, 1.807) is 4.90 Å². The van der Waals surface area contributed by atoms with E-state index in [1.165, 1.54) is 11.1 Å². The normalized spacial score (nSPS) is 18.4. The average molecular weight is 277 g/mol. The molecule has 20 heavy (non-hydrogen) atoms. The minimum Gasteiger partial charge on any atom is -0.493 e. The Hall–Kier alpha value is -1.55. The molecule has 1 aliphatic rings. The molecule has 1 saturated heterocycles. The number of likely N-dealkylation sites (tertiary alicyclic amines) is 1. The lowest BCUT2D eigenvalue weighted by Gasteiger charge is -2.23. The molecule has 1 aliphatic heterocycles. The van der Waals surface area contributed by atoms with Gasteiger partial charge in [-0.2, -0.15) is 0 Å². The van der Waals surface area contributed by atoms with Gasteiger partial charge in [0.2, 0.25) is 5.91 Å². The van der Waals surface area contributed by atoms with Crippen molar-refractivity contribution >= 4 is 5.91 Å². The van der Waals surface area contributed by atoms with Crippen molar-refractivity contribution in [2.24, 2.45) is 0 Å². The minimum absolute atomic E-state index is 0.00381. The van der Waals surface area contributed by atoms with Crippen molar-refractivity contribution in [1.29, 1.82) is 0 Å². The maximum absolute atomic E-state index is 12.1. The number of rotatable bonds is 5. The Morgan fingerprint density at radius 2 is 2.20 bits per heavy atom. The lowest BCUT2D eigenvalue weighted by Crippen LogP contribution is -2.38. The predicted molar refractivity (Wildman–Crippen MR) is 77.8 cm³/mol. The Balaban J connectivity index is 1.80. The van der Waals surface area contributed by atoms with Crippen LogP contribution >= 0.6 is 0 Å². The first-order valence-electron chi connectivity index (χ1n) is 7.22. The summed E-state index contributed by atoms with van der Waals surface area (Å²) in [5, 5.41) is 9.22. The predicted octanol–water partition coefficient (Wildman–Crippen LogP) is 2.06. The lowest BCUT2D eigenvalue weighted by atomic mass is 10.1. The molecule has 1 N–H and O–H groups in total. The quantitative estimate of drug-likeness (QED) is 0.896. The van der Waals surface area contributed by atoms with Crippen molar-refractivity contribution in [3.05, 3.63) is 29.3 Å². The van der Waals surface area contributed by atoms with Gasteiger partial charge in [-0.15, -0.1) is 0 Å². The van der Waals surface area contributed by atoms with Crippen molar-refractivity contribution < 1.29 is 14.6 Å². The fraction of sp³-hybridized carbons (Fsp3) is 0.562. The number of carbonyl (C=O) groups excluding carboxylic acids is 1. The van der Waals surface area contributed by atoms with E-state index in [0.29, 0.717) is 13.0 Å². The Kier molecular flexibility index (Phi) is 5.01. The topological polar surface area (TPSA) is 49.8 Å². The Morgan fingerprint density at radius 3 is 2.90 bits per heavy atom. The maximum atomic E-state index is 12.1. The fourth-order valence-corrected chi connectivity index (χ4v) is 2.56. The van der Waals surface area contributed by atoms with Crippen LogP contribution < -0.4 is 4.74 Å². The number of amides is 1. The van der Waals surface area contributed by atoms with Gasteiger partial charge in [0.1, 0.15) is 5.75 Å². The molecule has 1 amide bonds. The van der Waals surface area contributed by atoms with Gasteiger partial charge in [-0.05, 0) is 49.9 Å². The molecule has 4 nitrogen and oxygen atoms in total. The first kappa shape index (κ1) is 14.9. The van der Waals surface area contributed by atoms with E-state index in [-0.39, 0.29) is 18.6 Å². The second-order valence-electron chi connectivity index (χ2n) is 5.41. The summed E-state index contributed by atoms with van der Waals surface area (Å²) in [4.78, 5) is 13.8. The van der Waals surface area contributed by atoms with Gasteiger partial charge in [0.25, 0.3) is 0 Å². The number of nitrogens with zero attached hydrogens (tertiary/aromatic N) is 1. The standard InChI is InChI=1S/C16H23NO3/c1-12-5-6-15(10-13(12)2)20-9-7-16(19)17-8-3-4-14(17)11-18/h5-6,10,14,18H,3-4,7-9,11H2,1-2H3. The molecule has 0 aromatic heterocycles. The van der Waals surface area contributed by atoms with Gasteiger partial charge in [0.15, 0.2) is 0 Å². The molecule has 1 heterocycles. The van der Waals surface area contributed by atoms with Crippen LogP contribution in [0.15, 0.2) is 18.2 Å². The average Bonchev–Trinajstić information content (AvgIpc) is 2.91. The Bertz CT molecular complexity index is 473. The molecule has 1 unspecified atom stereocenters. The second-order valence-corrected chi connectivity index (χ2v) is 5.41. The third kappa shape index (κ3) is 3.51. The molecule has 1 aromatic rings. The van der Waals surface area contributed by atoms with Crippen molar-refractivity contribution in [2.75, 3.05) is 19.8 Å². The minimum atomic E-state index is 0.00381. The molecule has 0 saturated carbocycles. The highest BCUT2D eigenvalue weighted by Gasteiger charge is 2.27. The Labute approximate surface area is 120 Å². The molecule has 1 atom stereocenters. The number of ether oxygens (including phenoxy) is 1. The number of aliphatic hydroxyl groups is 1. The van der Waals surface area contributed by atoms with Gasteiger partial charge in [-0.3, -0.25) is 4.79 Å². The number of aryl methyl sites for hydroxylation is 2. The summed E-state index contributed by atoms with van der Waals surface area (Å²) in [5.41, 5.74) is 2.42. The van der Waals surface area contributed by atoms with Crippen LogP contribution in [-0.4, -0.2) is 41.7 Å². The summed E-state index contributed by atoms with van der Waals surface area (Å²) >= 11 is 0. The van der Waals surface area contributed by atoms with E-state index >= 15 is 0 Å². The van der Waals surface area contributed by atoms with Gasteiger partial charge in [-0.1, -0.05) is 6.07 Å². The molecule has 0 spiro atoms. The van der Waals surface area contributed by atoms with E-state index in [2.05, 4.69) is 6.92 Å². The molecule has 0 radical (unpaired) electrons. The number of carbonyl (C=O) groups is 1. The van der Waals surface area contributed by atoms with Crippen LogP contribution in [0.4, 0.5) is 0 Å². The van der Waals surface area contributed by atoms with Crippen LogP contribution in [0, 0.1) is 13.8 Å². The van der Waals surface area contributed by atoms with Gasteiger partial charge < -0.3 is 14.7 Å². The third-order valence-corrected chi connectivity index (χ3v) is 3.97. The first-order chi connectivity index (χ1) is 9.61. The number of benzene rings is 1. The smallest absolute Gasteiger partial charge is 0.226 e. The van der Waals surface area contributed by atoms with E-state index in [4.69, 9.17) is 4.74 Å². The van der Waals surface area contributed by atoms with Crippen LogP contribution in [0.5, 0.6) is 5.75 Å². The second kappa shape index (κ2) is 6.75. The molecule has 2 rings (SSSR count). The van der Waals surface area contributed by atoms with E-state index < -0.39 is 0 Å². The maximum Gasteiger partial charge on any atom is 0.226 e. The van der Waals surface area contributed by atoms with Gasteiger partial charge in [0, 0.05) is 6.54 Å². The summed E-state index contributed by atoms with van der Waals surface area (Å²) in [5.74, 6) is 0.881. The zero-order valence-corrected chi connectivity index (χ0v) is 12.3. The van der Waals surface area contributed by atoms with E-state index in [0.717, 1.165) is 25.1 Å². The first-order valence-corrected chi connectivity index (χ1v) is 7.22. The highest BCUT2D eigenvalue weighted by molar-refractivity contribution is 5.77. The molecule has 1 aromatic carbocycles. The largest absolute Gasteiger partial charge is 0.493 e. The van der Waals surface area contributed by atoms with Crippen LogP contribution in [0.25, 0.3) is 0 Å². The van der Waals surface area contributed by atoms with Crippen molar-refractivity contribution in [2.45, 2.75) is 39.2 Å². The molecule has 110 valence electrons. The summed E-state index contributed by atoms with van der Waals surface area (Å²) in [6, 6.07) is 5.95. The Morgan fingerprint density at radius 1 is 1.40 bits per heavy atom. The highest BCUT2D eigenvalue weighted by atomic mass is 16.5. The lowest BCUT2D eigenvalue weighted by molar-refractivity contribution is -0.133. The summed E-state index contributed by atoms with van der Waals surface area (Å²) in [7, 11) is 0. The summed E-state index contributed by atoms with van der Waals surface area (Å²) in [6.45, 7) is 5.31. The van der Waals surface area contributed by atoms with E-state index in [9.17, 15) is 9.90 Å². The van der Waals surface area contributed by atoms with Crippen molar-refractivity contribution in [1.82, 2.24) is 4.90 Å². The molecule has 1 fully saturated rings. The summed E-state index contributed by atoms with van der Waals surface area (Å²) in [6.07, 6.45) is 2.25. The number of hydrogen-bond donors (Lipinski definition) is 1. The van der Waals surface area contributed by atoms with Crippen LogP contribution in [0.3, 0.4) is 0 Å². The van der Waals surface area contributed by atoms with E-state index in [1.807, 2.05) is 25.1 Å². The molecule has 0 aliphatic carbocycles.